The first-order valence-electron chi connectivity index (χ1n) is 3.82. The molecule has 0 spiro atoms. The first kappa shape index (κ1) is 15.4. The van der Waals surface area contributed by atoms with Crippen molar-refractivity contribution < 1.29 is 17.4 Å². The van der Waals surface area contributed by atoms with Crippen molar-refractivity contribution in [2.75, 3.05) is 0 Å². The molecule has 0 amide bonds. The summed E-state index contributed by atoms with van der Waals surface area (Å²) in [7, 11) is 0. The van der Waals surface area contributed by atoms with Crippen LogP contribution in [0.2, 0.25) is 0 Å². The molecule has 0 aromatic heterocycles. The molecule has 0 heterocycles. The van der Waals surface area contributed by atoms with Gasteiger partial charge >= 0.3 is 17.4 Å². The molecular weight excluding hydrogens is 208 g/mol. The molecule has 0 atom stereocenters. The summed E-state index contributed by atoms with van der Waals surface area (Å²) in [5.74, 6) is 0. The van der Waals surface area contributed by atoms with Gasteiger partial charge in [0.15, 0.2) is 0 Å². The zero-order chi connectivity index (χ0) is 8.49. The normalized spacial score (nSPS) is 6.86. The largest absolute Gasteiger partial charge is 2.00 e. The minimum atomic E-state index is 0. The van der Waals surface area contributed by atoms with Crippen LogP contribution in [0, 0.1) is 12.1 Å². The molecule has 72 valence electrons. The molecule has 0 saturated carbocycles. The molecule has 0 unspecified atom stereocenters. The number of rotatable bonds is 0. The van der Waals surface area contributed by atoms with Gasteiger partial charge in [-0.1, -0.05) is 7.43 Å². The zero-order valence-electron chi connectivity index (χ0n) is 7.18. The molecular formula is C13H14Cr. The van der Waals surface area contributed by atoms with Crippen molar-refractivity contribution in [2.24, 2.45) is 0 Å². The molecule has 1 heteroatoms. The van der Waals surface area contributed by atoms with Crippen LogP contribution in [0.5, 0.6) is 0 Å². The minimum Gasteiger partial charge on any atom is -0.184 e. The second kappa shape index (κ2) is 12.0. The van der Waals surface area contributed by atoms with Crippen molar-refractivity contribution in [3.63, 3.8) is 0 Å². The Hall–Kier alpha value is -1.03. The number of benzene rings is 2. The topological polar surface area (TPSA) is 0 Å². The third kappa shape index (κ3) is 9.06. The second-order valence-electron chi connectivity index (χ2n) is 2.15. The summed E-state index contributed by atoms with van der Waals surface area (Å²) in [6.45, 7) is 0. The van der Waals surface area contributed by atoms with Gasteiger partial charge < -0.3 is 0 Å². The SMILES string of the molecule is C.[Cr+2].[c-]1ccccc1.[c-]1ccccc1. The molecule has 0 fully saturated rings. The molecule has 0 aliphatic heterocycles. The van der Waals surface area contributed by atoms with E-state index in [2.05, 4.69) is 12.1 Å². The van der Waals surface area contributed by atoms with Gasteiger partial charge in [0.2, 0.25) is 0 Å². The van der Waals surface area contributed by atoms with Gasteiger partial charge in [-0.15, -0.1) is 0 Å². The molecule has 2 aromatic carbocycles. The molecule has 0 bridgehead atoms. The second-order valence-corrected chi connectivity index (χ2v) is 2.15. The van der Waals surface area contributed by atoms with E-state index in [0.717, 1.165) is 0 Å². The van der Waals surface area contributed by atoms with E-state index in [-0.39, 0.29) is 24.8 Å². The third-order valence-corrected chi connectivity index (χ3v) is 1.21. The van der Waals surface area contributed by atoms with Crippen molar-refractivity contribution >= 4 is 0 Å². The summed E-state index contributed by atoms with van der Waals surface area (Å²) in [4.78, 5) is 0. The predicted molar refractivity (Wildman–Crippen MR) is 57.3 cm³/mol. The summed E-state index contributed by atoms with van der Waals surface area (Å²) < 4.78 is 0. The number of hydrogen-bond acceptors (Lipinski definition) is 0. The van der Waals surface area contributed by atoms with Gasteiger partial charge in [-0.05, 0) is 0 Å². The van der Waals surface area contributed by atoms with Crippen LogP contribution < -0.4 is 0 Å². The fourth-order valence-corrected chi connectivity index (χ4v) is 0.684. The van der Waals surface area contributed by atoms with Gasteiger partial charge in [0.05, 0.1) is 0 Å². The Morgan fingerprint density at radius 2 is 0.786 bits per heavy atom. The van der Waals surface area contributed by atoms with Crippen LogP contribution in [0.3, 0.4) is 0 Å². The molecule has 2 aromatic rings. The van der Waals surface area contributed by atoms with Crippen LogP contribution >= 0.6 is 0 Å². The Kier molecular flexibility index (Phi) is 13.2. The van der Waals surface area contributed by atoms with Crippen LogP contribution in [0.25, 0.3) is 0 Å². The Morgan fingerprint density at radius 3 is 0.857 bits per heavy atom. The summed E-state index contributed by atoms with van der Waals surface area (Å²) in [6, 6.07) is 25.0. The molecule has 0 nitrogen and oxygen atoms in total. The summed E-state index contributed by atoms with van der Waals surface area (Å²) in [6.07, 6.45) is 0. The van der Waals surface area contributed by atoms with E-state index in [9.17, 15) is 0 Å². The molecule has 0 aliphatic carbocycles. The van der Waals surface area contributed by atoms with E-state index >= 15 is 0 Å². The Labute approximate surface area is 97.7 Å². The van der Waals surface area contributed by atoms with Gasteiger partial charge in [-0.25, -0.2) is 0 Å². The molecule has 2 rings (SSSR count). The molecule has 0 N–H and O–H groups in total. The van der Waals surface area contributed by atoms with Gasteiger partial charge in [0, 0.05) is 0 Å². The van der Waals surface area contributed by atoms with Crippen LogP contribution in [-0.4, -0.2) is 0 Å². The molecule has 14 heavy (non-hydrogen) atoms. The van der Waals surface area contributed by atoms with Crippen molar-refractivity contribution in [2.45, 2.75) is 7.43 Å². The van der Waals surface area contributed by atoms with Crippen molar-refractivity contribution in [3.8, 4) is 0 Å². The van der Waals surface area contributed by atoms with Crippen LogP contribution in [0.15, 0.2) is 60.7 Å². The fraction of sp³-hybridized carbons (Fsp3) is 0.0769. The maximum Gasteiger partial charge on any atom is 2.00 e. The molecule has 0 saturated heterocycles. The minimum absolute atomic E-state index is 0. The average molecular weight is 222 g/mol. The van der Waals surface area contributed by atoms with E-state index < -0.39 is 0 Å². The standard InChI is InChI=1S/2C6H5.CH4.Cr/c2*1-2-4-6-5-3-1;;/h2*1-5H;1H4;/q2*-1;;+2. The van der Waals surface area contributed by atoms with Crippen LogP contribution in [-0.2, 0) is 17.4 Å². The molecule has 0 aliphatic rings. The van der Waals surface area contributed by atoms with Gasteiger partial charge in [0.1, 0.15) is 0 Å². The Morgan fingerprint density at radius 1 is 0.500 bits per heavy atom. The van der Waals surface area contributed by atoms with E-state index in [1.165, 1.54) is 0 Å². The smallest absolute Gasteiger partial charge is 0.184 e. The zero-order valence-corrected chi connectivity index (χ0v) is 8.46. The van der Waals surface area contributed by atoms with Crippen LogP contribution in [0.1, 0.15) is 7.43 Å². The maximum absolute atomic E-state index is 2.89. The van der Waals surface area contributed by atoms with Crippen LogP contribution in [0.4, 0.5) is 0 Å². The van der Waals surface area contributed by atoms with Crippen molar-refractivity contribution in [3.05, 3.63) is 72.8 Å². The first-order chi connectivity index (χ1) is 6.00. The average Bonchev–Trinajstić information content (AvgIpc) is 2.24. The maximum atomic E-state index is 2.89. The van der Waals surface area contributed by atoms with E-state index in [1.54, 1.807) is 0 Å². The molecule has 0 radical (unpaired) electrons. The van der Waals surface area contributed by atoms with E-state index in [0.29, 0.717) is 0 Å². The summed E-state index contributed by atoms with van der Waals surface area (Å²) in [5, 5.41) is 0. The van der Waals surface area contributed by atoms with Gasteiger partial charge in [0.25, 0.3) is 0 Å². The Bertz CT molecular complexity index is 181. The number of hydrogen-bond donors (Lipinski definition) is 0. The van der Waals surface area contributed by atoms with E-state index in [4.69, 9.17) is 0 Å². The van der Waals surface area contributed by atoms with Gasteiger partial charge in [-0.2, -0.15) is 72.8 Å². The Balaban J connectivity index is 0. The fourth-order valence-electron chi connectivity index (χ4n) is 0.684. The monoisotopic (exact) mass is 222 g/mol. The summed E-state index contributed by atoms with van der Waals surface area (Å²) in [5.41, 5.74) is 0. The van der Waals surface area contributed by atoms with Gasteiger partial charge in [-0.3, -0.25) is 0 Å². The van der Waals surface area contributed by atoms with Crippen molar-refractivity contribution in [1.82, 2.24) is 0 Å². The summed E-state index contributed by atoms with van der Waals surface area (Å²) >= 11 is 0. The first-order valence-corrected chi connectivity index (χ1v) is 3.82. The van der Waals surface area contributed by atoms with E-state index in [1.807, 2.05) is 60.7 Å². The third-order valence-electron chi connectivity index (χ3n) is 1.21. The van der Waals surface area contributed by atoms with Crippen molar-refractivity contribution in [1.29, 1.82) is 0 Å². The predicted octanol–water partition coefficient (Wildman–Crippen LogP) is 3.61. The quantitative estimate of drug-likeness (QED) is 0.597.